The lowest BCUT2D eigenvalue weighted by atomic mass is 10.1. The van der Waals surface area contributed by atoms with Crippen LogP contribution in [0.3, 0.4) is 0 Å². The number of rotatable bonds is 5. The fraction of sp³-hybridized carbons (Fsp3) is 0.125. The molecule has 0 aliphatic heterocycles. The predicted octanol–water partition coefficient (Wildman–Crippen LogP) is 4.81. The number of fused-ring (bicyclic) bond motifs is 2. The molecule has 6 nitrogen and oxygen atoms in total. The van der Waals surface area contributed by atoms with Gasteiger partial charge < -0.3 is 9.72 Å². The number of aromatic amines is 1. The molecule has 2 aromatic carbocycles. The number of aromatic nitrogens is 3. The van der Waals surface area contributed by atoms with Crippen molar-refractivity contribution >= 4 is 38.2 Å². The minimum atomic E-state index is -0.206. The summed E-state index contributed by atoms with van der Waals surface area (Å²) in [5.74, 6) is 1.14. The summed E-state index contributed by atoms with van der Waals surface area (Å²) >= 11 is 1.43. The number of carbonyl (C=O) groups excluding carboxylic acids is 1. The molecular weight excluding hydrogens is 410 g/mol. The Labute approximate surface area is 181 Å². The number of hydrogen-bond donors (Lipinski definition) is 1. The summed E-state index contributed by atoms with van der Waals surface area (Å²) in [6.45, 7) is 1.70. The number of ether oxygens (including phenoxy) is 1. The van der Waals surface area contributed by atoms with E-state index in [2.05, 4.69) is 9.97 Å². The second-order valence-electron chi connectivity index (χ2n) is 7.28. The van der Waals surface area contributed by atoms with Crippen molar-refractivity contribution in [3.8, 4) is 16.9 Å². The summed E-state index contributed by atoms with van der Waals surface area (Å²) in [5, 5.41) is 3.32. The molecule has 7 heteroatoms. The summed E-state index contributed by atoms with van der Waals surface area (Å²) in [4.78, 5) is 34.9. The van der Waals surface area contributed by atoms with Crippen molar-refractivity contribution in [1.82, 2.24) is 14.5 Å². The molecule has 0 aliphatic carbocycles. The quantitative estimate of drug-likeness (QED) is 0.407. The Hall–Kier alpha value is -3.71. The van der Waals surface area contributed by atoms with E-state index in [1.54, 1.807) is 20.2 Å². The molecule has 1 N–H and O–H groups in total. The van der Waals surface area contributed by atoms with Crippen LogP contribution in [0.4, 0.5) is 0 Å². The maximum absolute atomic E-state index is 13.4. The first-order valence-corrected chi connectivity index (χ1v) is 10.7. The van der Waals surface area contributed by atoms with Crippen LogP contribution >= 0.6 is 11.3 Å². The van der Waals surface area contributed by atoms with E-state index in [1.165, 1.54) is 15.9 Å². The fourth-order valence-corrected chi connectivity index (χ4v) is 4.81. The van der Waals surface area contributed by atoms with E-state index < -0.39 is 0 Å². The van der Waals surface area contributed by atoms with Crippen molar-refractivity contribution in [1.29, 1.82) is 0 Å². The number of nitrogens with one attached hydrogen (secondary N) is 1. The van der Waals surface area contributed by atoms with E-state index in [1.807, 2.05) is 53.9 Å². The molecule has 0 aliphatic rings. The SMILES string of the molecule is COc1ccc(-c2csc3nc(C)n(CC(=O)c4c[nH]c5ccccc45)c(=O)c23)cc1. The van der Waals surface area contributed by atoms with Gasteiger partial charge in [-0.3, -0.25) is 14.2 Å². The molecule has 0 spiro atoms. The zero-order valence-corrected chi connectivity index (χ0v) is 17.8. The van der Waals surface area contributed by atoms with Crippen LogP contribution in [0.25, 0.3) is 32.2 Å². The Morgan fingerprint density at radius 3 is 2.71 bits per heavy atom. The van der Waals surface area contributed by atoms with Gasteiger partial charge in [-0.1, -0.05) is 30.3 Å². The summed E-state index contributed by atoms with van der Waals surface area (Å²) in [7, 11) is 1.62. The normalized spacial score (nSPS) is 11.3. The molecule has 5 rings (SSSR count). The maximum Gasteiger partial charge on any atom is 0.263 e. The molecule has 0 fully saturated rings. The van der Waals surface area contributed by atoms with Crippen molar-refractivity contribution < 1.29 is 9.53 Å². The molecule has 0 atom stereocenters. The van der Waals surface area contributed by atoms with Gasteiger partial charge in [-0.05, 0) is 30.7 Å². The standard InChI is InChI=1S/C24H19N3O3S/c1-14-26-23-22(19(13-31-23)15-7-9-16(30-2)10-8-15)24(29)27(14)12-21(28)18-11-25-20-6-4-3-5-17(18)20/h3-11,13,25H,12H2,1-2H3. The second kappa shape index (κ2) is 7.52. The number of ketones is 1. The van der Waals surface area contributed by atoms with Gasteiger partial charge in [0.25, 0.3) is 5.56 Å². The topological polar surface area (TPSA) is 77.0 Å². The third kappa shape index (κ3) is 3.23. The van der Waals surface area contributed by atoms with Crippen molar-refractivity contribution in [2.45, 2.75) is 13.5 Å². The Morgan fingerprint density at radius 2 is 1.94 bits per heavy atom. The molecule has 3 heterocycles. The number of para-hydroxylation sites is 1. The molecular formula is C24H19N3O3S. The molecule has 0 amide bonds. The van der Waals surface area contributed by atoms with Gasteiger partial charge in [-0.25, -0.2) is 4.98 Å². The summed E-state index contributed by atoms with van der Waals surface area (Å²) < 4.78 is 6.69. The van der Waals surface area contributed by atoms with Gasteiger partial charge in [0.1, 0.15) is 16.4 Å². The number of methoxy groups -OCH3 is 1. The highest BCUT2D eigenvalue weighted by molar-refractivity contribution is 7.17. The molecule has 0 bridgehead atoms. The van der Waals surface area contributed by atoms with Gasteiger partial charge in [0, 0.05) is 33.6 Å². The van der Waals surface area contributed by atoms with Crippen LogP contribution in [0.15, 0.2) is 64.9 Å². The summed E-state index contributed by atoms with van der Waals surface area (Å²) in [5.41, 5.74) is 2.98. The molecule has 31 heavy (non-hydrogen) atoms. The minimum absolute atomic E-state index is 0.0621. The number of hydrogen-bond acceptors (Lipinski definition) is 5. The first-order valence-electron chi connectivity index (χ1n) is 9.79. The first kappa shape index (κ1) is 19.3. The molecule has 0 saturated heterocycles. The number of aryl methyl sites for hydroxylation is 1. The largest absolute Gasteiger partial charge is 0.497 e. The lowest BCUT2D eigenvalue weighted by molar-refractivity contribution is 0.0971. The molecule has 0 saturated carbocycles. The average molecular weight is 430 g/mol. The number of thiophene rings is 1. The number of Topliss-reactive ketones (excluding diaryl/α,β-unsaturated/α-hetero) is 1. The highest BCUT2D eigenvalue weighted by Crippen LogP contribution is 2.32. The van der Waals surface area contributed by atoms with E-state index in [0.29, 0.717) is 21.6 Å². The number of benzene rings is 2. The van der Waals surface area contributed by atoms with Crippen molar-refractivity contribution in [2.75, 3.05) is 7.11 Å². The van der Waals surface area contributed by atoms with Gasteiger partial charge in [-0.15, -0.1) is 11.3 Å². The Bertz CT molecular complexity index is 1490. The summed E-state index contributed by atoms with van der Waals surface area (Å²) in [6, 6.07) is 15.2. The van der Waals surface area contributed by atoms with Crippen LogP contribution in [0.1, 0.15) is 16.2 Å². The van der Waals surface area contributed by atoms with Gasteiger partial charge in [0.15, 0.2) is 5.78 Å². The summed E-state index contributed by atoms with van der Waals surface area (Å²) in [6.07, 6.45) is 1.70. The van der Waals surface area contributed by atoms with Crippen molar-refractivity contribution in [2.24, 2.45) is 0 Å². The number of H-pyrrole nitrogens is 1. The molecule has 0 radical (unpaired) electrons. The lowest BCUT2D eigenvalue weighted by Crippen LogP contribution is -2.27. The molecule has 5 aromatic rings. The smallest absolute Gasteiger partial charge is 0.263 e. The van der Waals surface area contributed by atoms with Crippen molar-refractivity contribution in [3.05, 3.63) is 81.8 Å². The fourth-order valence-electron chi connectivity index (χ4n) is 3.83. The van der Waals surface area contributed by atoms with Crippen molar-refractivity contribution in [3.63, 3.8) is 0 Å². The number of nitrogens with zero attached hydrogens (tertiary/aromatic N) is 2. The van der Waals surface area contributed by atoms with Gasteiger partial charge >= 0.3 is 0 Å². The zero-order chi connectivity index (χ0) is 21.5. The number of carbonyl (C=O) groups is 1. The van der Waals surface area contributed by atoms with Crippen LogP contribution in [-0.4, -0.2) is 27.4 Å². The second-order valence-corrected chi connectivity index (χ2v) is 8.14. The molecule has 3 aromatic heterocycles. The van der Waals surface area contributed by atoms with Gasteiger partial charge in [0.2, 0.25) is 0 Å². The third-order valence-corrected chi connectivity index (χ3v) is 6.35. The first-order chi connectivity index (χ1) is 15.1. The van der Waals surface area contributed by atoms with Crippen LogP contribution < -0.4 is 10.3 Å². The molecule has 0 unspecified atom stereocenters. The van der Waals surface area contributed by atoms with Crippen LogP contribution in [0.5, 0.6) is 5.75 Å². The van der Waals surface area contributed by atoms with Crippen LogP contribution in [0, 0.1) is 6.92 Å². The van der Waals surface area contributed by atoms with E-state index in [0.717, 1.165) is 27.8 Å². The van der Waals surface area contributed by atoms with Gasteiger partial charge in [0.05, 0.1) is 19.0 Å². The third-order valence-electron chi connectivity index (χ3n) is 5.48. The van der Waals surface area contributed by atoms with E-state index >= 15 is 0 Å². The lowest BCUT2D eigenvalue weighted by Gasteiger charge is -2.09. The zero-order valence-electron chi connectivity index (χ0n) is 17.0. The van der Waals surface area contributed by atoms with Crippen LogP contribution in [0.2, 0.25) is 0 Å². The highest BCUT2D eigenvalue weighted by atomic mass is 32.1. The van der Waals surface area contributed by atoms with E-state index in [9.17, 15) is 9.59 Å². The van der Waals surface area contributed by atoms with Crippen LogP contribution in [-0.2, 0) is 6.54 Å². The molecule has 154 valence electrons. The maximum atomic E-state index is 13.4. The van der Waals surface area contributed by atoms with E-state index in [4.69, 9.17) is 4.74 Å². The Kier molecular flexibility index (Phi) is 4.67. The predicted molar refractivity (Wildman–Crippen MR) is 123 cm³/mol. The highest BCUT2D eigenvalue weighted by Gasteiger charge is 2.19. The average Bonchev–Trinajstić information content (AvgIpc) is 3.41. The monoisotopic (exact) mass is 429 g/mol. The Morgan fingerprint density at radius 1 is 1.16 bits per heavy atom. The Balaban J connectivity index is 1.59. The van der Waals surface area contributed by atoms with Gasteiger partial charge in [-0.2, -0.15) is 0 Å². The minimum Gasteiger partial charge on any atom is -0.497 e. The van der Waals surface area contributed by atoms with E-state index in [-0.39, 0.29) is 17.9 Å².